The molecule has 7 heteroatoms. The molecule has 0 spiro atoms. The molecule has 1 aliphatic carbocycles. The van der Waals surface area contributed by atoms with E-state index in [0.717, 1.165) is 22.3 Å². The summed E-state index contributed by atoms with van der Waals surface area (Å²) in [5.74, 6) is -1.49. The Balaban J connectivity index is 1.63. The number of carbonyl (C=O) groups is 3. The van der Waals surface area contributed by atoms with Gasteiger partial charge in [0.15, 0.2) is 0 Å². The van der Waals surface area contributed by atoms with Crippen LogP contribution in [0.5, 0.6) is 0 Å². The second-order valence-electron chi connectivity index (χ2n) is 8.44. The number of amides is 2. The molecule has 1 aliphatic rings. The number of carboxylic acids is 1. The zero-order chi connectivity index (χ0) is 24.0. The van der Waals surface area contributed by atoms with E-state index in [2.05, 4.69) is 34.9 Å². The highest BCUT2D eigenvalue weighted by Crippen LogP contribution is 2.44. The lowest BCUT2D eigenvalue weighted by Gasteiger charge is -2.31. The Morgan fingerprint density at radius 2 is 1.52 bits per heavy atom. The highest BCUT2D eigenvalue weighted by Gasteiger charge is 2.37. The maximum absolute atomic E-state index is 12.9. The first-order valence-electron chi connectivity index (χ1n) is 11.5. The predicted molar refractivity (Wildman–Crippen MR) is 126 cm³/mol. The van der Waals surface area contributed by atoms with Crippen molar-refractivity contribution in [3.8, 4) is 11.1 Å². The van der Waals surface area contributed by atoms with Crippen molar-refractivity contribution in [2.24, 2.45) is 5.41 Å². The summed E-state index contributed by atoms with van der Waals surface area (Å²) in [6.07, 6.45) is 0.593. The lowest BCUT2D eigenvalue weighted by molar-refractivity contribution is -0.144. The van der Waals surface area contributed by atoms with E-state index in [1.807, 2.05) is 38.1 Å². The third-order valence-electron chi connectivity index (χ3n) is 6.76. The minimum Gasteiger partial charge on any atom is -0.480 e. The van der Waals surface area contributed by atoms with E-state index >= 15 is 0 Å². The minimum absolute atomic E-state index is 0.0468. The van der Waals surface area contributed by atoms with E-state index in [1.165, 1.54) is 0 Å². The van der Waals surface area contributed by atoms with Gasteiger partial charge in [0.05, 0.1) is 5.41 Å². The van der Waals surface area contributed by atoms with Crippen LogP contribution in [0.15, 0.2) is 48.5 Å². The normalized spacial score (nSPS) is 13.5. The number of hydrogen-bond donors (Lipinski definition) is 3. The summed E-state index contributed by atoms with van der Waals surface area (Å²) in [6, 6.07) is 15.3. The third kappa shape index (κ3) is 5.02. The van der Waals surface area contributed by atoms with Gasteiger partial charge in [0.25, 0.3) is 0 Å². The highest BCUT2D eigenvalue weighted by atomic mass is 16.5. The van der Waals surface area contributed by atoms with Gasteiger partial charge in [-0.3, -0.25) is 4.79 Å². The number of aliphatic carboxylic acids is 1. The first-order chi connectivity index (χ1) is 15.9. The molecule has 2 aromatic rings. The first-order valence-corrected chi connectivity index (χ1v) is 11.5. The summed E-state index contributed by atoms with van der Waals surface area (Å²) in [5, 5.41) is 14.6. The van der Waals surface area contributed by atoms with E-state index in [1.54, 1.807) is 6.92 Å². The Kier molecular flexibility index (Phi) is 7.74. The largest absolute Gasteiger partial charge is 0.480 e. The van der Waals surface area contributed by atoms with Crippen molar-refractivity contribution in [3.63, 3.8) is 0 Å². The smallest absolute Gasteiger partial charge is 0.407 e. The molecule has 0 aromatic heterocycles. The first kappa shape index (κ1) is 24.3. The van der Waals surface area contributed by atoms with Crippen molar-refractivity contribution in [2.45, 2.75) is 52.0 Å². The van der Waals surface area contributed by atoms with Crippen LogP contribution in [0.2, 0.25) is 0 Å². The average molecular weight is 453 g/mol. The Morgan fingerprint density at radius 1 is 0.970 bits per heavy atom. The van der Waals surface area contributed by atoms with Crippen molar-refractivity contribution in [1.29, 1.82) is 0 Å². The van der Waals surface area contributed by atoms with Crippen LogP contribution in [-0.4, -0.2) is 42.3 Å². The Hall–Kier alpha value is -3.35. The predicted octanol–water partition coefficient (Wildman–Crippen LogP) is 4.31. The number of alkyl carbamates (subject to hydrolysis) is 1. The maximum atomic E-state index is 12.9. The topological polar surface area (TPSA) is 105 Å². The summed E-state index contributed by atoms with van der Waals surface area (Å²) < 4.78 is 5.57. The van der Waals surface area contributed by atoms with Crippen LogP contribution < -0.4 is 10.6 Å². The molecule has 2 aromatic carbocycles. The molecule has 0 radical (unpaired) electrons. The molecule has 0 saturated heterocycles. The number of ether oxygens (including phenoxy) is 1. The Morgan fingerprint density at radius 3 is 2.00 bits per heavy atom. The molecule has 3 rings (SSSR count). The van der Waals surface area contributed by atoms with Crippen LogP contribution in [0.4, 0.5) is 4.79 Å². The van der Waals surface area contributed by atoms with E-state index in [4.69, 9.17) is 4.74 Å². The second kappa shape index (κ2) is 10.5. The number of rotatable bonds is 10. The zero-order valence-electron chi connectivity index (χ0n) is 19.4. The maximum Gasteiger partial charge on any atom is 0.407 e. The quantitative estimate of drug-likeness (QED) is 0.498. The van der Waals surface area contributed by atoms with Gasteiger partial charge < -0.3 is 20.5 Å². The van der Waals surface area contributed by atoms with E-state index in [9.17, 15) is 19.5 Å². The van der Waals surface area contributed by atoms with Crippen LogP contribution in [-0.2, 0) is 14.3 Å². The minimum atomic E-state index is -1.07. The van der Waals surface area contributed by atoms with Gasteiger partial charge in [-0.2, -0.15) is 0 Å². The average Bonchev–Trinajstić information content (AvgIpc) is 3.15. The molecule has 0 unspecified atom stereocenters. The number of carboxylic acid groups (broad SMARTS) is 1. The van der Waals surface area contributed by atoms with E-state index in [0.29, 0.717) is 12.8 Å². The summed E-state index contributed by atoms with van der Waals surface area (Å²) in [6.45, 7) is 5.66. The molecule has 7 nitrogen and oxygen atoms in total. The molecule has 176 valence electrons. The fourth-order valence-corrected chi connectivity index (χ4v) is 4.44. The number of hydrogen-bond acceptors (Lipinski definition) is 4. The van der Waals surface area contributed by atoms with Gasteiger partial charge >= 0.3 is 12.1 Å². The molecule has 1 atom stereocenters. The summed E-state index contributed by atoms with van der Waals surface area (Å²) in [7, 11) is 0. The third-order valence-corrected chi connectivity index (χ3v) is 6.76. The van der Waals surface area contributed by atoms with Crippen molar-refractivity contribution in [3.05, 3.63) is 59.7 Å². The van der Waals surface area contributed by atoms with Crippen molar-refractivity contribution >= 4 is 18.0 Å². The zero-order valence-corrected chi connectivity index (χ0v) is 19.4. The number of nitrogens with one attached hydrogen (secondary N) is 2. The van der Waals surface area contributed by atoms with E-state index < -0.39 is 23.5 Å². The Bertz CT molecular complexity index is 970. The fourth-order valence-electron chi connectivity index (χ4n) is 4.44. The number of benzene rings is 2. The SMILES string of the molecule is CC[C@H](NC(=O)C(CC)(CC)CNC(=O)OCC1c2ccccc2-c2ccccc21)C(=O)O. The molecular formula is C26H32N2O5. The van der Waals surface area contributed by atoms with Crippen LogP contribution in [0.1, 0.15) is 57.1 Å². The lowest BCUT2D eigenvalue weighted by atomic mass is 9.81. The van der Waals surface area contributed by atoms with Crippen molar-refractivity contribution in [1.82, 2.24) is 10.6 Å². The van der Waals surface area contributed by atoms with Gasteiger partial charge in [-0.25, -0.2) is 9.59 Å². The lowest BCUT2D eigenvalue weighted by Crippen LogP contribution is -2.52. The number of carbonyl (C=O) groups excluding carboxylic acids is 2. The number of fused-ring (bicyclic) bond motifs is 3. The highest BCUT2D eigenvalue weighted by molar-refractivity contribution is 5.88. The van der Waals surface area contributed by atoms with Crippen LogP contribution >= 0.6 is 0 Å². The monoisotopic (exact) mass is 452 g/mol. The summed E-state index contributed by atoms with van der Waals surface area (Å²) in [5.41, 5.74) is 3.65. The van der Waals surface area contributed by atoms with E-state index in [-0.39, 0.29) is 31.4 Å². The molecular weight excluding hydrogens is 420 g/mol. The van der Waals surface area contributed by atoms with Crippen molar-refractivity contribution in [2.75, 3.05) is 13.2 Å². The van der Waals surface area contributed by atoms with Gasteiger partial charge in [0, 0.05) is 12.5 Å². The molecule has 2 amide bonds. The van der Waals surface area contributed by atoms with Crippen LogP contribution in [0.25, 0.3) is 11.1 Å². The summed E-state index contributed by atoms with van der Waals surface area (Å²) >= 11 is 0. The standard InChI is InChI=1S/C26H32N2O5/c1-4-22(23(29)30)28-24(31)26(5-2,6-3)16-27-25(32)33-15-21-19-13-9-7-11-17(19)18-12-8-10-14-20(18)21/h7-14,21-22H,4-6,15-16H2,1-3H3,(H,27,32)(H,28,31)(H,29,30)/t22-/m0/s1. The van der Waals surface area contributed by atoms with Gasteiger partial charge in [-0.1, -0.05) is 69.3 Å². The second-order valence-corrected chi connectivity index (χ2v) is 8.44. The molecule has 0 heterocycles. The van der Waals surface area contributed by atoms with Crippen LogP contribution in [0.3, 0.4) is 0 Å². The molecule has 0 saturated carbocycles. The fraction of sp³-hybridized carbons (Fsp3) is 0.423. The molecule has 0 bridgehead atoms. The molecule has 0 aliphatic heterocycles. The molecule has 33 heavy (non-hydrogen) atoms. The van der Waals surface area contributed by atoms with Gasteiger partial charge in [0.1, 0.15) is 12.6 Å². The summed E-state index contributed by atoms with van der Waals surface area (Å²) in [4.78, 5) is 36.8. The van der Waals surface area contributed by atoms with Crippen LogP contribution in [0, 0.1) is 5.41 Å². The van der Waals surface area contributed by atoms with Gasteiger partial charge in [-0.15, -0.1) is 0 Å². The van der Waals surface area contributed by atoms with Gasteiger partial charge in [-0.05, 0) is 41.5 Å². The molecule has 3 N–H and O–H groups in total. The van der Waals surface area contributed by atoms with Gasteiger partial charge in [0.2, 0.25) is 5.91 Å². The Labute approximate surface area is 194 Å². The molecule has 0 fully saturated rings. The van der Waals surface area contributed by atoms with Crippen molar-refractivity contribution < 1.29 is 24.2 Å².